The van der Waals surface area contributed by atoms with Crippen molar-refractivity contribution in [3.05, 3.63) is 0 Å². The summed E-state index contributed by atoms with van der Waals surface area (Å²) in [5.74, 6) is 2.24. The molecule has 1 saturated heterocycles. The Balaban J connectivity index is 0.00000241. The highest BCUT2D eigenvalue weighted by molar-refractivity contribution is 5.90. The average molecular weight is 562 g/mol. The highest BCUT2D eigenvalue weighted by Crippen LogP contribution is 2.30. The highest BCUT2D eigenvalue weighted by atomic mass is 35.5. The summed E-state index contributed by atoms with van der Waals surface area (Å²) in [6.45, 7) is 2.39. The zero-order valence-corrected chi connectivity index (χ0v) is 24.6. The number of hydrogen-bond donors (Lipinski definition) is 3. The molecule has 4 aliphatic rings. The molecule has 0 bridgehead atoms. The number of carbonyl (C=O) groups excluding carboxylic acids is 2. The van der Waals surface area contributed by atoms with Crippen LogP contribution in [0.15, 0.2) is 0 Å². The minimum absolute atomic E-state index is 0. The summed E-state index contributed by atoms with van der Waals surface area (Å²) in [4.78, 5) is 28.9. The zero-order chi connectivity index (χ0) is 24.5. The predicted molar refractivity (Wildman–Crippen MR) is 156 cm³/mol. The molecular weight excluding hydrogens is 507 g/mol. The van der Waals surface area contributed by atoms with Gasteiger partial charge in [-0.3, -0.25) is 9.59 Å². The standard InChI is InChI=1S/C29H52N4O2.2ClH/c30-25-15-13-24(14-16-25)21-32-28(34)27-12-7-19-33(27)29(35)26(20-23-10-5-2-6-11-23)31-18-17-22-8-3-1-4-9-22;;/h22-27,31H,1-21,30H2,(H,32,34);2*1H/t24-,25-,26-,27+;;/m1../s1. The van der Waals surface area contributed by atoms with Crippen molar-refractivity contribution in [1.29, 1.82) is 0 Å². The SMILES string of the molecule is Cl.Cl.N[C@H]1CC[C@H](CNC(=O)[C@@H]2CCCN2C(=O)[C@@H](CC2CCCCC2)NCCC2CCCCC2)CC1. The Morgan fingerprint density at radius 2 is 1.38 bits per heavy atom. The molecule has 4 N–H and O–H groups in total. The third-order valence-corrected chi connectivity index (χ3v) is 9.55. The second-order valence-corrected chi connectivity index (χ2v) is 12.3. The van der Waals surface area contributed by atoms with Gasteiger partial charge in [0.15, 0.2) is 0 Å². The van der Waals surface area contributed by atoms with E-state index in [1.807, 2.05) is 4.90 Å². The van der Waals surface area contributed by atoms with E-state index in [1.54, 1.807) is 0 Å². The number of halogens is 2. The Morgan fingerprint density at radius 3 is 2.03 bits per heavy atom. The quantitative estimate of drug-likeness (QED) is 0.336. The van der Waals surface area contributed by atoms with Crippen LogP contribution in [0.2, 0.25) is 0 Å². The lowest BCUT2D eigenvalue weighted by atomic mass is 9.84. The second kappa shape index (κ2) is 17.2. The van der Waals surface area contributed by atoms with E-state index in [9.17, 15) is 9.59 Å². The van der Waals surface area contributed by atoms with Crippen LogP contribution >= 0.6 is 24.8 Å². The summed E-state index contributed by atoms with van der Waals surface area (Å²) < 4.78 is 0. The lowest BCUT2D eigenvalue weighted by Gasteiger charge is -2.33. The molecular formula is C29H54Cl2N4O2. The van der Waals surface area contributed by atoms with Gasteiger partial charge in [0.1, 0.15) is 6.04 Å². The Hall–Kier alpha value is -0.560. The van der Waals surface area contributed by atoms with E-state index < -0.39 is 0 Å². The van der Waals surface area contributed by atoms with E-state index in [-0.39, 0.29) is 48.7 Å². The molecule has 2 amide bonds. The van der Waals surface area contributed by atoms with E-state index in [4.69, 9.17) is 5.73 Å². The number of nitrogens with one attached hydrogen (secondary N) is 2. The third-order valence-electron chi connectivity index (χ3n) is 9.55. The molecule has 3 aliphatic carbocycles. The van der Waals surface area contributed by atoms with Gasteiger partial charge in [-0.05, 0) is 75.7 Å². The average Bonchev–Trinajstić information content (AvgIpc) is 3.39. The minimum atomic E-state index is -0.289. The third kappa shape index (κ3) is 10.2. The number of hydrogen-bond acceptors (Lipinski definition) is 4. The van der Waals surface area contributed by atoms with Crippen molar-refractivity contribution in [2.45, 2.75) is 134 Å². The van der Waals surface area contributed by atoms with Crippen LogP contribution in [0.5, 0.6) is 0 Å². The van der Waals surface area contributed by atoms with Gasteiger partial charge in [0, 0.05) is 19.1 Å². The Morgan fingerprint density at radius 1 is 0.757 bits per heavy atom. The molecule has 0 radical (unpaired) electrons. The molecule has 8 heteroatoms. The van der Waals surface area contributed by atoms with Crippen molar-refractivity contribution in [2.24, 2.45) is 23.5 Å². The minimum Gasteiger partial charge on any atom is -0.354 e. The highest BCUT2D eigenvalue weighted by Gasteiger charge is 2.38. The molecule has 3 saturated carbocycles. The van der Waals surface area contributed by atoms with Crippen LogP contribution in [-0.4, -0.2) is 54.5 Å². The van der Waals surface area contributed by atoms with E-state index in [1.165, 1.54) is 70.6 Å². The molecule has 0 unspecified atom stereocenters. The van der Waals surface area contributed by atoms with Gasteiger partial charge in [-0.1, -0.05) is 64.2 Å². The van der Waals surface area contributed by atoms with Gasteiger partial charge in [0.2, 0.25) is 11.8 Å². The molecule has 216 valence electrons. The molecule has 2 atom stereocenters. The van der Waals surface area contributed by atoms with E-state index >= 15 is 0 Å². The van der Waals surface area contributed by atoms with Crippen LogP contribution in [0, 0.1) is 17.8 Å². The lowest BCUT2D eigenvalue weighted by molar-refractivity contribution is -0.140. The maximum absolute atomic E-state index is 13.8. The molecule has 0 aromatic carbocycles. The molecule has 4 rings (SSSR count). The van der Waals surface area contributed by atoms with Gasteiger partial charge < -0.3 is 21.3 Å². The fraction of sp³-hybridized carbons (Fsp3) is 0.931. The summed E-state index contributed by atoms with van der Waals surface area (Å²) >= 11 is 0. The van der Waals surface area contributed by atoms with Crippen LogP contribution in [0.1, 0.15) is 116 Å². The molecule has 1 heterocycles. The van der Waals surface area contributed by atoms with Gasteiger partial charge in [-0.2, -0.15) is 0 Å². The smallest absolute Gasteiger partial charge is 0.242 e. The van der Waals surface area contributed by atoms with Crippen molar-refractivity contribution in [3.63, 3.8) is 0 Å². The first-order valence-electron chi connectivity index (χ1n) is 15.2. The molecule has 0 aromatic rings. The van der Waals surface area contributed by atoms with Crippen molar-refractivity contribution >= 4 is 36.6 Å². The topological polar surface area (TPSA) is 87.5 Å². The normalized spacial score (nSPS) is 28.1. The van der Waals surface area contributed by atoms with E-state index in [2.05, 4.69) is 10.6 Å². The van der Waals surface area contributed by atoms with Crippen LogP contribution in [-0.2, 0) is 9.59 Å². The van der Waals surface area contributed by atoms with Gasteiger partial charge >= 0.3 is 0 Å². The van der Waals surface area contributed by atoms with Gasteiger partial charge in [0.25, 0.3) is 0 Å². The van der Waals surface area contributed by atoms with Gasteiger partial charge in [0.05, 0.1) is 6.04 Å². The van der Waals surface area contributed by atoms with Crippen molar-refractivity contribution in [1.82, 2.24) is 15.5 Å². The number of rotatable bonds is 10. The number of nitrogens with zero attached hydrogens (tertiary/aromatic N) is 1. The summed E-state index contributed by atoms with van der Waals surface area (Å²) in [5.41, 5.74) is 6.04. The van der Waals surface area contributed by atoms with Crippen LogP contribution in [0.3, 0.4) is 0 Å². The summed E-state index contributed by atoms with van der Waals surface area (Å²) in [6.07, 6.45) is 21.4. The van der Waals surface area contributed by atoms with E-state index in [0.717, 1.165) is 70.5 Å². The van der Waals surface area contributed by atoms with Crippen molar-refractivity contribution in [2.75, 3.05) is 19.6 Å². The Bertz CT molecular complexity index is 662. The molecule has 6 nitrogen and oxygen atoms in total. The number of amides is 2. The zero-order valence-electron chi connectivity index (χ0n) is 23.0. The summed E-state index contributed by atoms with van der Waals surface area (Å²) in [6, 6.07) is -0.0890. The van der Waals surface area contributed by atoms with E-state index in [0.29, 0.717) is 17.9 Å². The molecule has 0 spiro atoms. The largest absolute Gasteiger partial charge is 0.354 e. The molecule has 37 heavy (non-hydrogen) atoms. The molecule has 1 aliphatic heterocycles. The van der Waals surface area contributed by atoms with Crippen molar-refractivity contribution in [3.8, 4) is 0 Å². The Kier molecular flexibility index (Phi) is 15.2. The molecule has 0 aromatic heterocycles. The lowest BCUT2D eigenvalue weighted by Crippen LogP contribution is -2.53. The monoisotopic (exact) mass is 560 g/mol. The first kappa shape index (κ1) is 32.7. The van der Waals surface area contributed by atoms with Gasteiger partial charge in [-0.25, -0.2) is 0 Å². The second-order valence-electron chi connectivity index (χ2n) is 12.3. The summed E-state index contributed by atoms with van der Waals surface area (Å²) in [7, 11) is 0. The fourth-order valence-corrected chi connectivity index (χ4v) is 7.22. The predicted octanol–water partition coefficient (Wildman–Crippen LogP) is 5.35. The first-order valence-corrected chi connectivity index (χ1v) is 15.2. The van der Waals surface area contributed by atoms with Crippen LogP contribution < -0.4 is 16.4 Å². The Labute approximate surface area is 238 Å². The maximum Gasteiger partial charge on any atom is 0.242 e. The van der Waals surface area contributed by atoms with Crippen LogP contribution in [0.25, 0.3) is 0 Å². The first-order chi connectivity index (χ1) is 17.1. The van der Waals surface area contributed by atoms with Crippen molar-refractivity contribution < 1.29 is 9.59 Å². The van der Waals surface area contributed by atoms with Crippen LogP contribution in [0.4, 0.5) is 0 Å². The maximum atomic E-state index is 13.8. The number of likely N-dealkylation sites (tertiary alicyclic amines) is 1. The van der Waals surface area contributed by atoms with Gasteiger partial charge in [-0.15, -0.1) is 24.8 Å². The molecule has 4 fully saturated rings. The number of nitrogens with two attached hydrogens (primary N) is 1. The fourth-order valence-electron chi connectivity index (χ4n) is 7.22. The summed E-state index contributed by atoms with van der Waals surface area (Å²) in [5, 5.41) is 6.91. The number of carbonyl (C=O) groups is 2.